The van der Waals surface area contributed by atoms with Crippen LogP contribution >= 0.6 is 15.9 Å². The standard InChI is InChI=1S/C9H10BrNO2S/c10-8-1-2-9-7(5-8)3-4-11(9)6-14(12)13/h1-2,5H,3-4,6H2,(H,12,13). The molecular formula is C9H10BrNO2S. The van der Waals surface area contributed by atoms with Crippen LogP contribution in [-0.2, 0) is 17.5 Å². The number of hydrogen-bond donors (Lipinski definition) is 1. The Balaban J connectivity index is 2.26. The zero-order valence-corrected chi connectivity index (χ0v) is 9.84. The summed E-state index contributed by atoms with van der Waals surface area (Å²) in [5, 5.41) is 0. The fourth-order valence-corrected chi connectivity index (χ4v) is 2.65. The summed E-state index contributed by atoms with van der Waals surface area (Å²) < 4.78 is 20.6. The molecule has 0 amide bonds. The van der Waals surface area contributed by atoms with E-state index < -0.39 is 11.1 Å². The predicted molar refractivity (Wildman–Crippen MR) is 60.8 cm³/mol. The number of hydrogen-bond acceptors (Lipinski definition) is 2. The van der Waals surface area contributed by atoms with Gasteiger partial charge in [-0.25, -0.2) is 4.21 Å². The molecule has 1 aromatic carbocycles. The van der Waals surface area contributed by atoms with Gasteiger partial charge in [0.05, 0.1) is 0 Å². The van der Waals surface area contributed by atoms with Crippen LogP contribution in [-0.4, -0.2) is 21.2 Å². The summed E-state index contributed by atoms with van der Waals surface area (Å²) in [7, 11) is 0. The maximum absolute atomic E-state index is 10.7. The molecule has 0 saturated carbocycles. The van der Waals surface area contributed by atoms with Crippen molar-refractivity contribution in [2.24, 2.45) is 0 Å². The quantitative estimate of drug-likeness (QED) is 0.840. The normalized spacial score (nSPS) is 16.9. The van der Waals surface area contributed by atoms with E-state index in [1.807, 2.05) is 17.0 Å². The lowest BCUT2D eigenvalue weighted by molar-refractivity contribution is 0.562. The molecule has 1 unspecified atom stereocenters. The summed E-state index contributed by atoms with van der Waals surface area (Å²) in [6.45, 7) is 0.831. The van der Waals surface area contributed by atoms with Gasteiger partial charge in [0, 0.05) is 16.7 Å². The SMILES string of the molecule is O=S(O)CN1CCc2cc(Br)ccc21. The van der Waals surface area contributed by atoms with Crippen LogP contribution in [0.25, 0.3) is 0 Å². The maximum Gasteiger partial charge on any atom is 0.173 e. The maximum atomic E-state index is 10.7. The molecule has 2 rings (SSSR count). The lowest BCUT2D eigenvalue weighted by atomic mass is 10.2. The van der Waals surface area contributed by atoms with Crippen LogP contribution < -0.4 is 4.90 Å². The minimum Gasteiger partial charge on any atom is -0.357 e. The van der Waals surface area contributed by atoms with E-state index in [1.165, 1.54) is 5.56 Å². The summed E-state index contributed by atoms with van der Waals surface area (Å²) >= 11 is 1.65. The Bertz CT molecular complexity index is 383. The highest BCUT2D eigenvalue weighted by molar-refractivity contribution is 9.10. The lowest BCUT2D eigenvalue weighted by Gasteiger charge is -2.16. The van der Waals surface area contributed by atoms with Crippen molar-refractivity contribution in [3.63, 3.8) is 0 Å². The third-order valence-electron chi connectivity index (χ3n) is 2.30. The average molecular weight is 276 g/mol. The van der Waals surface area contributed by atoms with Gasteiger partial charge in [0.25, 0.3) is 0 Å². The van der Waals surface area contributed by atoms with E-state index in [4.69, 9.17) is 4.55 Å². The predicted octanol–water partition coefficient (Wildman–Crippen LogP) is 1.99. The number of benzene rings is 1. The van der Waals surface area contributed by atoms with E-state index in [0.29, 0.717) is 0 Å². The van der Waals surface area contributed by atoms with Crippen molar-refractivity contribution in [1.82, 2.24) is 0 Å². The van der Waals surface area contributed by atoms with Gasteiger partial charge in [-0.05, 0) is 30.2 Å². The van der Waals surface area contributed by atoms with Crippen LogP contribution in [0.4, 0.5) is 5.69 Å². The summed E-state index contributed by atoms with van der Waals surface area (Å²) in [4.78, 5) is 1.94. The summed E-state index contributed by atoms with van der Waals surface area (Å²) in [5.74, 6) is 0.203. The second kappa shape index (κ2) is 4.00. The molecule has 1 N–H and O–H groups in total. The Kier molecular flexibility index (Phi) is 2.90. The number of halogens is 1. The molecule has 1 atom stereocenters. The fourth-order valence-electron chi connectivity index (χ4n) is 1.71. The molecule has 3 nitrogen and oxygen atoms in total. The molecule has 76 valence electrons. The summed E-state index contributed by atoms with van der Waals surface area (Å²) in [6, 6.07) is 6.01. The molecule has 14 heavy (non-hydrogen) atoms. The average Bonchev–Trinajstić information content (AvgIpc) is 2.47. The van der Waals surface area contributed by atoms with Crippen LogP contribution in [0.3, 0.4) is 0 Å². The van der Waals surface area contributed by atoms with Crippen molar-refractivity contribution in [2.75, 3.05) is 17.3 Å². The van der Waals surface area contributed by atoms with Gasteiger partial charge in [-0.1, -0.05) is 15.9 Å². The van der Waals surface area contributed by atoms with Gasteiger partial charge in [-0.3, -0.25) is 0 Å². The van der Waals surface area contributed by atoms with E-state index in [9.17, 15) is 4.21 Å². The monoisotopic (exact) mass is 275 g/mol. The molecule has 1 aliphatic rings. The van der Waals surface area contributed by atoms with Crippen LogP contribution in [0.1, 0.15) is 5.56 Å². The van der Waals surface area contributed by atoms with E-state index in [2.05, 4.69) is 22.0 Å². The van der Waals surface area contributed by atoms with Crippen molar-refractivity contribution in [1.29, 1.82) is 0 Å². The molecule has 0 aliphatic carbocycles. The molecule has 0 bridgehead atoms. The first-order chi connectivity index (χ1) is 6.66. The van der Waals surface area contributed by atoms with Crippen LogP contribution in [0.2, 0.25) is 0 Å². The molecule has 1 heterocycles. The minimum atomic E-state index is -1.75. The van der Waals surface area contributed by atoms with Crippen LogP contribution in [0.15, 0.2) is 22.7 Å². The van der Waals surface area contributed by atoms with Gasteiger partial charge in [0.1, 0.15) is 5.88 Å². The molecule has 1 aromatic rings. The van der Waals surface area contributed by atoms with Crippen molar-refractivity contribution in [2.45, 2.75) is 6.42 Å². The largest absolute Gasteiger partial charge is 0.357 e. The highest BCUT2D eigenvalue weighted by Gasteiger charge is 2.19. The Morgan fingerprint density at radius 1 is 1.57 bits per heavy atom. The van der Waals surface area contributed by atoms with E-state index >= 15 is 0 Å². The van der Waals surface area contributed by atoms with Gasteiger partial charge < -0.3 is 9.45 Å². The topological polar surface area (TPSA) is 40.5 Å². The van der Waals surface area contributed by atoms with Gasteiger partial charge in [-0.15, -0.1) is 0 Å². The molecule has 0 spiro atoms. The molecule has 5 heteroatoms. The van der Waals surface area contributed by atoms with Crippen molar-refractivity contribution in [3.05, 3.63) is 28.2 Å². The zero-order valence-electron chi connectivity index (χ0n) is 7.44. The third kappa shape index (κ3) is 1.99. The summed E-state index contributed by atoms with van der Waals surface area (Å²) in [5.41, 5.74) is 2.32. The third-order valence-corrected chi connectivity index (χ3v) is 3.33. The molecule has 0 radical (unpaired) electrons. The first kappa shape index (κ1) is 10.1. The lowest BCUT2D eigenvalue weighted by Crippen LogP contribution is -2.24. The minimum absolute atomic E-state index is 0.203. The van der Waals surface area contributed by atoms with Crippen LogP contribution in [0, 0.1) is 0 Å². The second-order valence-electron chi connectivity index (χ2n) is 3.24. The first-order valence-corrected chi connectivity index (χ1v) is 6.34. The Labute approximate surface area is 93.5 Å². The fraction of sp³-hybridized carbons (Fsp3) is 0.333. The van der Waals surface area contributed by atoms with Gasteiger partial charge in [0.15, 0.2) is 11.1 Å². The second-order valence-corrected chi connectivity index (χ2v) is 5.05. The molecule has 0 fully saturated rings. The first-order valence-electron chi connectivity index (χ1n) is 4.27. The Morgan fingerprint density at radius 2 is 2.36 bits per heavy atom. The Morgan fingerprint density at radius 3 is 3.07 bits per heavy atom. The molecule has 0 saturated heterocycles. The highest BCUT2D eigenvalue weighted by atomic mass is 79.9. The van der Waals surface area contributed by atoms with E-state index in [0.717, 1.165) is 23.1 Å². The van der Waals surface area contributed by atoms with Crippen molar-refractivity contribution >= 4 is 32.7 Å². The summed E-state index contributed by atoms with van der Waals surface area (Å²) in [6.07, 6.45) is 0.950. The van der Waals surface area contributed by atoms with Gasteiger partial charge >= 0.3 is 0 Å². The van der Waals surface area contributed by atoms with Crippen molar-refractivity contribution < 1.29 is 8.76 Å². The van der Waals surface area contributed by atoms with Crippen LogP contribution in [0.5, 0.6) is 0 Å². The number of fused-ring (bicyclic) bond motifs is 1. The van der Waals surface area contributed by atoms with E-state index in [-0.39, 0.29) is 5.88 Å². The highest BCUT2D eigenvalue weighted by Crippen LogP contribution is 2.30. The van der Waals surface area contributed by atoms with Gasteiger partial charge in [0.2, 0.25) is 0 Å². The smallest absolute Gasteiger partial charge is 0.173 e. The Hall–Kier alpha value is -0.390. The van der Waals surface area contributed by atoms with Crippen molar-refractivity contribution in [3.8, 4) is 0 Å². The number of rotatable bonds is 2. The molecular weight excluding hydrogens is 266 g/mol. The van der Waals surface area contributed by atoms with Gasteiger partial charge in [-0.2, -0.15) is 0 Å². The number of anilines is 1. The molecule has 1 aliphatic heterocycles. The number of nitrogens with zero attached hydrogens (tertiary/aromatic N) is 1. The molecule has 0 aromatic heterocycles. The van der Waals surface area contributed by atoms with E-state index in [1.54, 1.807) is 0 Å². The zero-order chi connectivity index (χ0) is 10.1.